The Morgan fingerprint density at radius 3 is 2.40 bits per heavy atom. The molecule has 7 heteroatoms. The van der Waals surface area contributed by atoms with Crippen LogP contribution in [0.3, 0.4) is 0 Å². The molecule has 0 saturated heterocycles. The lowest BCUT2D eigenvalue weighted by Gasteiger charge is -2.28. The molecular weight excluding hydrogens is 276 g/mol. The molecular formula is C13H24N4O2S. The smallest absolute Gasteiger partial charge is 0.242 e. The van der Waals surface area contributed by atoms with Crippen LogP contribution in [0.15, 0.2) is 23.2 Å². The van der Waals surface area contributed by atoms with Crippen molar-refractivity contribution in [3.05, 3.63) is 18.3 Å². The quantitative estimate of drug-likeness (QED) is 0.785. The van der Waals surface area contributed by atoms with Crippen molar-refractivity contribution >= 4 is 15.8 Å². The Hall–Kier alpha value is -1.18. The third kappa shape index (κ3) is 5.07. The molecule has 0 unspecified atom stereocenters. The fraction of sp³-hybridized carbons (Fsp3) is 0.615. The van der Waals surface area contributed by atoms with Gasteiger partial charge in [0.05, 0.1) is 0 Å². The topological polar surface area (TPSA) is 74.3 Å². The summed E-state index contributed by atoms with van der Waals surface area (Å²) < 4.78 is 27.0. The van der Waals surface area contributed by atoms with Crippen molar-refractivity contribution in [1.82, 2.24) is 14.6 Å². The summed E-state index contributed by atoms with van der Waals surface area (Å²) in [6.45, 7) is 5.23. The first-order valence-electron chi connectivity index (χ1n) is 6.44. The summed E-state index contributed by atoms with van der Waals surface area (Å²) in [5.74, 6) is 0.636. The molecule has 1 rings (SSSR count). The van der Waals surface area contributed by atoms with Crippen molar-refractivity contribution < 1.29 is 8.42 Å². The number of aromatic nitrogens is 1. The lowest BCUT2D eigenvalue weighted by molar-refractivity contribution is 0.242. The van der Waals surface area contributed by atoms with Gasteiger partial charge in [-0.1, -0.05) is 13.8 Å². The van der Waals surface area contributed by atoms with Crippen molar-refractivity contribution in [3.63, 3.8) is 0 Å². The van der Waals surface area contributed by atoms with Gasteiger partial charge in [-0.15, -0.1) is 0 Å². The molecule has 0 saturated carbocycles. The van der Waals surface area contributed by atoms with E-state index in [1.165, 1.54) is 6.20 Å². The molecule has 0 radical (unpaired) electrons. The summed E-state index contributed by atoms with van der Waals surface area (Å²) in [7, 11) is 2.16. The lowest BCUT2D eigenvalue weighted by atomic mass is 9.93. The number of nitrogens with zero attached hydrogens (tertiary/aromatic N) is 2. The summed E-state index contributed by atoms with van der Waals surface area (Å²) in [4.78, 5) is 6.23. The molecule has 1 aromatic rings. The molecule has 1 aromatic heterocycles. The molecule has 20 heavy (non-hydrogen) atoms. The first-order chi connectivity index (χ1) is 9.16. The molecule has 0 amide bonds. The molecule has 0 aliphatic heterocycles. The molecule has 0 atom stereocenters. The molecule has 6 nitrogen and oxygen atoms in total. The van der Waals surface area contributed by atoms with Gasteiger partial charge in [0.2, 0.25) is 10.0 Å². The molecule has 0 fully saturated rings. The van der Waals surface area contributed by atoms with Crippen molar-refractivity contribution in [1.29, 1.82) is 0 Å². The largest absolute Gasteiger partial charge is 0.373 e. The second kappa shape index (κ2) is 6.51. The van der Waals surface area contributed by atoms with Gasteiger partial charge in [0.25, 0.3) is 0 Å². The van der Waals surface area contributed by atoms with E-state index in [-0.39, 0.29) is 10.3 Å². The van der Waals surface area contributed by atoms with E-state index in [0.717, 1.165) is 6.54 Å². The molecule has 0 spiro atoms. The molecule has 0 aliphatic carbocycles. The van der Waals surface area contributed by atoms with E-state index in [1.807, 2.05) is 32.8 Å². The van der Waals surface area contributed by atoms with Gasteiger partial charge in [0.1, 0.15) is 10.7 Å². The van der Waals surface area contributed by atoms with Crippen LogP contribution in [0.5, 0.6) is 0 Å². The zero-order chi connectivity index (χ0) is 15.4. The third-order valence-electron chi connectivity index (χ3n) is 2.79. The molecule has 0 aromatic carbocycles. The van der Waals surface area contributed by atoms with E-state index in [9.17, 15) is 8.42 Å². The van der Waals surface area contributed by atoms with Gasteiger partial charge >= 0.3 is 0 Å². The van der Waals surface area contributed by atoms with E-state index in [1.54, 1.807) is 19.2 Å². The highest BCUT2D eigenvalue weighted by atomic mass is 32.2. The Bertz CT molecular complexity index is 524. The van der Waals surface area contributed by atoms with Crippen LogP contribution < -0.4 is 10.0 Å². The first-order valence-corrected chi connectivity index (χ1v) is 7.93. The van der Waals surface area contributed by atoms with Gasteiger partial charge in [-0.3, -0.25) is 0 Å². The number of hydrogen-bond donors (Lipinski definition) is 2. The third-order valence-corrected chi connectivity index (χ3v) is 4.17. The maximum atomic E-state index is 12.2. The summed E-state index contributed by atoms with van der Waals surface area (Å²) in [5, 5.41) is 2.85. The summed E-state index contributed by atoms with van der Waals surface area (Å²) in [5.41, 5.74) is -0.144. The maximum absolute atomic E-state index is 12.2. The zero-order valence-corrected chi connectivity index (χ0v) is 13.6. The number of pyridine rings is 1. The van der Waals surface area contributed by atoms with Crippen molar-refractivity contribution in [2.45, 2.75) is 18.7 Å². The van der Waals surface area contributed by atoms with E-state index < -0.39 is 10.0 Å². The minimum absolute atomic E-state index is 0.144. The van der Waals surface area contributed by atoms with Crippen LogP contribution in [0, 0.1) is 5.41 Å². The molecule has 1 heterocycles. The van der Waals surface area contributed by atoms with Gasteiger partial charge < -0.3 is 10.2 Å². The lowest BCUT2D eigenvalue weighted by Crippen LogP contribution is -2.39. The van der Waals surface area contributed by atoms with Gasteiger partial charge in [0, 0.05) is 26.3 Å². The minimum Gasteiger partial charge on any atom is -0.373 e. The Morgan fingerprint density at radius 1 is 1.30 bits per heavy atom. The summed E-state index contributed by atoms with van der Waals surface area (Å²) in [6.07, 6.45) is 1.35. The second-order valence-electron chi connectivity index (χ2n) is 5.86. The summed E-state index contributed by atoms with van der Waals surface area (Å²) in [6, 6.07) is 3.18. The monoisotopic (exact) mass is 300 g/mol. The molecule has 2 N–H and O–H groups in total. The first kappa shape index (κ1) is 16.9. The predicted molar refractivity (Wildman–Crippen MR) is 81.3 cm³/mol. The van der Waals surface area contributed by atoms with Crippen LogP contribution in [-0.2, 0) is 10.0 Å². The van der Waals surface area contributed by atoms with Gasteiger partial charge in [0.15, 0.2) is 0 Å². The number of sulfonamides is 1. The standard InChI is InChI=1S/C13H24N4O2S/c1-13(2,10-17(4)5)9-16-20(18,19)11-6-7-12(14-3)15-8-11/h6-8,16H,9-10H2,1-5H3,(H,14,15). The zero-order valence-electron chi connectivity index (χ0n) is 12.8. The van der Waals surface area contributed by atoms with Crippen molar-refractivity contribution in [2.75, 3.05) is 39.5 Å². The van der Waals surface area contributed by atoms with Crippen LogP contribution in [-0.4, -0.2) is 52.5 Å². The second-order valence-corrected chi connectivity index (χ2v) is 7.62. The number of hydrogen-bond acceptors (Lipinski definition) is 5. The Kier molecular flexibility index (Phi) is 5.50. The SMILES string of the molecule is CNc1ccc(S(=O)(=O)NCC(C)(C)CN(C)C)cn1. The predicted octanol–water partition coefficient (Wildman–Crippen LogP) is 0.989. The number of nitrogens with one attached hydrogen (secondary N) is 2. The van der Waals surface area contributed by atoms with E-state index >= 15 is 0 Å². The Labute approximate surface area is 121 Å². The van der Waals surface area contributed by atoms with Crippen LogP contribution in [0.4, 0.5) is 5.82 Å². The molecule has 0 bridgehead atoms. The van der Waals surface area contributed by atoms with Crippen LogP contribution in [0.2, 0.25) is 0 Å². The maximum Gasteiger partial charge on any atom is 0.242 e. The fourth-order valence-corrected chi connectivity index (χ4v) is 3.16. The average molecular weight is 300 g/mol. The Balaban J connectivity index is 2.74. The average Bonchev–Trinajstić information content (AvgIpc) is 2.35. The van der Waals surface area contributed by atoms with Gasteiger partial charge in [-0.25, -0.2) is 18.1 Å². The van der Waals surface area contributed by atoms with E-state index in [0.29, 0.717) is 12.4 Å². The van der Waals surface area contributed by atoms with Crippen molar-refractivity contribution in [2.24, 2.45) is 5.41 Å². The minimum atomic E-state index is -3.51. The van der Waals surface area contributed by atoms with Crippen molar-refractivity contribution in [3.8, 4) is 0 Å². The normalized spacial score (nSPS) is 12.7. The molecule has 114 valence electrons. The fourth-order valence-electron chi connectivity index (χ4n) is 1.97. The van der Waals surface area contributed by atoms with Crippen LogP contribution >= 0.6 is 0 Å². The number of rotatable bonds is 7. The highest BCUT2D eigenvalue weighted by Crippen LogP contribution is 2.16. The number of anilines is 1. The van der Waals surface area contributed by atoms with Crippen LogP contribution in [0.1, 0.15) is 13.8 Å². The Morgan fingerprint density at radius 2 is 1.95 bits per heavy atom. The van der Waals surface area contributed by atoms with Crippen LogP contribution in [0.25, 0.3) is 0 Å². The van der Waals surface area contributed by atoms with E-state index in [2.05, 4.69) is 15.0 Å². The summed E-state index contributed by atoms with van der Waals surface area (Å²) >= 11 is 0. The highest BCUT2D eigenvalue weighted by molar-refractivity contribution is 7.89. The molecule has 0 aliphatic rings. The highest BCUT2D eigenvalue weighted by Gasteiger charge is 2.23. The van der Waals surface area contributed by atoms with E-state index in [4.69, 9.17) is 0 Å². The van der Waals surface area contributed by atoms with Gasteiger partial charge in [-0.2, -0.15) is 0 Å². The van der Waals surface area contributed by atoms with Gasteiger partial charge in [-0.05, 0) is 31.6 Å².